The molecular weight excluding hydrogens is 138 g/mol. The number of hydrogen-bond donors (Lipinski definition) is 1. The molecule has 56 valence electrons. The van der Waals surface area contributed by atoms with Gasteiger partial charge in [-0.1, -0.05) is 6.92 Å². The first kappa shape index (κ1) is 6.41. The van der Waals surface area contributed by atoms with Crippen molar-refractivity contribution in [1.29, 1.82) is 5.26 Å². The molecule has 0 spiro atoms. The molecular formula is C8H9N3. The highest BCUT2D eigenvalue weighted by molar-refractivity contribution is 5.38. The van der Waals surface area contributed by atoms with E-state index in [0.717, 1.165) is 18.4 Å². The highest BCUT2D eigenvalue weighted by Crippen LogP contribution is 2.32. The lowest BCUT2D eigenvalue weighted by Gasteiger charge is -1.95. The summed E-state index contributed by atoms with van der Waals surface area (Å²) in [5.74, 6) is 0.555. The highest BCUT2D eigenvalue weighted by atomic mass is 15.1. The Morgan fingerprint density at radius 3 is 3.27 bits per heavy atom. The molecule has 1 unspecified atom stereocenters. The monoisotopic (exact) mass is 147 g/mol. The Hall–Kier alpha value is -1.30. The van der Waals surface area contributed by atoms with Crippen LogP contribution in [0.3, 0.4) is 0 Å². The Balaban J connectivity index is 2.54. The van der Waals surface area contributed by atoms with Gasteiger partial charge in [0, 0.05) is 11.3 Å². The highest BCUT2D eigenvalue weighted by Gasteiger charge is 2.23. The molecule has 0 radical (unpaired) electrons. The summed E-state index contributed by atoms with van der Waals surface area (Å²) in [7, 11) is 0. The lowest BCUT2D eigenvalue weighted by atomic mass is 10.1. The molecule has 1 atom stereocenters. The number of aromatic amines is 1. The minimum absolute atomic E-state index is 0.555. The summed E-state index contributed by atoms with van der Waals surface area (Å²) in [6.45, 7) is 2.16. The van der Waals surface area contributed by atoms with E-state index in [0.29, 0.717) is 11.6 Å². The van der Waals surface area contributed by atoms with Crippen molar-refractivity contribution in [1.82, 2.24) is 10.2 Å². The van der Waals surface area contributed by atoms with Crippen molar-refractivity contribution in [2.75, 3.05) is 0 Å². The van der Waals surface area contributed by atoms with Gasteiger partial charge in [-0.2, -0.15) is 10.4 Å². The average molecular weight is 147 g/mol. The second-order valence-electron chi connectivity index (χ2n) is 3.02. The van der Waals surface area contributed by atoms with Crippen LogP contribution in [0.15, 0.2) is 0 Å². The standard InChI is InChI=1S/C8H9N3/c1-5-2-3-6-7(4-9)10-11-8(5)6/h5H,2-3H2,1H3,(H,10,11). The van der Waals surface area contributed by atoms with E-state index in [-0.39, 0.29) is 0 Å². The molecule has 11 heavy (non-hydrogen) atoms. The van der Waals surface area contributed by atoms with Crippen molar-refractivity contribution in [2.24, 2.45) is 0 Å². The first-order valence-electron chi connectivity index (χ1n) is 3.80. The molecule has 0 aromatic carbocycles. The van der Waals surface area contributed by atoms with Gasteiger partial charge in [-0.25, -0.2) is 0 Å². The Kier molecular flexibility index (Phi) is 1.22. The van der Waals surface area contributed by atoms with Gasteiger partial charge in [-0.3, -0.25) is 5.10 Å². The zero-order valence-corrected chi connectivity index (χ0v) is 6.39. The maximum absolute atomic E-state index is 8.64. The van der Waals surface area contributed by atoms with Crippen LogP contribution in [-0.4, -0.2) is 10.2 Å². The van der Waals surface area contributed by atoms with E-state index in [9.17, 15) is 0 Å². The van der Waals surface area contributed by atoms with Gasteiger partial charge in [-0.05, 0) is 18.8 Å². The quantitative estimate of drug-likeness (QED) is 0.601. The smallest absolute Gasteiger partial charge is 0.165 e. The third kappa shape index (κ3) is 0.758. The molecule has 1 aliphatic carbocycles. The fraction of sp³-hybridized carbons (Fsp3) is 0.500. The lowest BCUT2D eigenvalue weighted by molar-refractivity contribution is 0.714. The van der Waals surface area contributed by atoms with Gasteiger partial charge >= 0.3 is 0 Å². The van der Waals surface area contributed by atoms with Crippen LogP contribution in [0.2, 0.25) is 0 Å². The van der Waals surface area contributed by atoms with Gasteiger partial charge in [0.05, 0.1) is 0 Å². The molecule has 0 fully saturated rings. The molecule has 1 aliphatic rings. The normalized spacial score (nSPS) is 21.3. The maximum Gasteiger partial charge on any atom is 0.165 e. The molecule has 0 aliphatic heterocycles. The largest absolute Gasteiger partial charge is 0.281 e. The van der Waals surface area contributed by atoms with Crippen molar-refractivity contribution in [2.45, 2.75) is 25.7 Å². The van der Waals surface area contributed by atoms with Crippen LogP contribution in [0.4, 0.5) is 0 Å². The summed E-state index contributed by atoms with van der Waals surface area (Å²) >= 11 is 0. The minimum Gasteiger partial charge on any atom is -0.281 e. The topological polar surface area (TPSA) is 52.5 Å². The van der Waals surface area contributed by atoms with Gasteiger partial charge in [-0.15, -0.1) is 0 Å². The van der Waals surface area contributed by atoms with E-state index in [4.69, 9.17) is 5.26 Å². The Bertz CT molecular complexity index is 319. The van der Waals surface area contributed by atoms with Crippen molar-refractivity contribution in [3.8, 4) is 6.07 Å². The third-order valence-electron chi connectivity index (χ3n) is 2.33. The summed E-state index contributed by atoms with van der Waals surface area (Å²) < 4.78 is 0. The molecule has 0 amide bonds. The minimum atomic E-state index is 0.555. The van der Waals surface area contributed by atoms with Crippen LogP contribution in [0.25, 0.3) is 0 Å². The Morgan fingerprint density at radius 1 is 1.73 bits per heavy atom. The fourth-order valence-corrected chi connectivity index (χ4v) is 1.64. The van der Waals surface area contributed by atoms with Crippen molar-refractivity contribution >= 4 is 0 Å². The molecule has 1 aromatic heterocycles. The van der Waals surface area contributed by atoms with Crippen LogP contribution >= 0.6 is 0 Å². The van der Waals surface area contributed by atoms with Crippen molar-refractivity contribution in [3.63, 3.8) is 0 Å². The number of H-pyrrole nitrogens is 1. The molecule has 0 saturated carbocycles. The summed E-state index contributed by atoms with van der Waals surface area (Å²) in [6.07, 6.45) is 2.16. The number of fused-ring (bicyclic) bond motifs is 1. The van der Waals surface area contributed by atoms with E-state index < -0.39 is 0 Å². The van der Waals surface area contributed by atoms with E-state index in [1.165, 1.54) is 5.69 Å². The molecule has 3 nitrogen and oxygen atoms in total. The molecule has 0 saturated heterocycles. The average Bonchev–Trinajstić information content (AvgIpc) is 2.53. The van der Waals surface area contributed by atoms with E-state index in [1.807, 2.05) is 0 Å². The van der Waals surface area contributed by atoms with Crippen LogP contribution < -0.4 is 0 Å². The number of hydrogen-bond acceptors (Lipinski definition) is 2. The van der Waals surface area contributed by atoms with Crippen molar-refractivity contribution < 1.29 is 0 Å². The number of rotatable bonds is 0. The molecule has 1 aromatic rings. The fourth-order valence-electron chi connectivity index (χ4n) is 1.64. The molecule has 1 N–H and O–H groups in total. The lowest BCUT2D eigenvalue weighted by Crippen LogP contribution is -1.86. The van der Waals surface area contributed by atoms with Crippen LogP contribution in [0.1, 0.15) is 36.2 Å². The first-order valence-corrected chi connectivity index (χ1v) is 3.80. The number of aromatic nitrogens is 2. The summed E-state index contributed by atoms with van der Waals surface area (Å²) in [4.78, 5) is 0. The van der Waals surface area contributed by atoms with E-state index >= 15 is 0 Å². The number of nitrogens with one attached hydrogen (secondary N) is 1. The van der Waals surface area contributed by atoms with E-state index in [2.05, 4.69) is 23.2 Å². The van der Waals surface area contributed by atoms with Gasteiger partial charge in [0.1, 0.15) is 6.07 Å². The molecule has 3 heteroatoms. The molecule has 2 rings (SSSR count). The van der Waals surface area contributed by atoms with E-state index in [1.54, 1.807) is 0 Å². The zero-order valence-electron chi connectivity index (χ0n) is 6.39. The first-order chi connectivity index (χ1) is 5.33. The van der Waals surface area contributed by atoms with Crippen molar-refractivity contribution in [3.05, 3.63) is 17.0 Å². The SMILES string of the molecule is CC1CCc2c(C#N)n[nH]c21. The molecule has 0 bridgehead atoms. The Morgan fingerprint density at radius 2 is 2.55 bits per heavy atom. The predicted molar refractivity (Wildman–Crippen MR) is 40.0 cm³/mol. The van der Waals surface area contributed by atoms with Gasteiger partial charge in [0.15, 0.2) is 5.69 Å². The third-order valence-corrected chi connectivity index (χ3v) is 2.33. The summed E-state index contributed by atoms with van der Waals surface area (Å²) in [5.41, 5.74) is 2.89. The maximum atomic E-state index is 8.64. The van der Waals surface area contributed by atoms with Gasteiger partial charge < -0.3 is 0 Å². The van der Waals surface area contributed by atoms with Crippen LogP contribution in [0, 0.1) is 11.3 Å². The summed E-state index contributed by atoms with van der Waals surface area (Å²) in [5, 5.41) is 15.5. The molecule has 1 heterocycles. The predicted octanol–water partition coefficient (Wildman–Crippen LogP) is 1.33. The second-order valence-corrected chi connectivity index (χ2v) is 3.02. The Labute approximate surface area is 65.0 Å². The number of nitrogens with zero attached hydrogens (tertiary/aromatic N) is 2. The summed E-state index contributed by atoms with van der Waals surface area (Å²) in [6, 6.07) is 2.09. The number of nitriles is 1. The second kappa shape index (κ2) is 2.09. The van der Waals surface area contributed by atoms with Crippen LogP contribution in [-0.2, 0) is 6.42 Å². The van der Waals surface area contributed by atoms with Gasteiger partial charge in [0.25, 0.3) is 0 Å². The van der Waals surface area contributed by atoms with Crippen LogP contribution in [0.5, 0.6) is 0 Å². The zero-order chi connectivity index (χ0) is 7.84. The van der Waals surface area contributed by atoms with Gasteiger partial charge in [0.2, 0.25) is 0 Å².